The lowest BCUT2D eigenvalue weighted by molar-refractivity contribution is 0.403. The second-order valence-corrected chi connectivity index (χ2v) is 6.84. The van der Waals surface area contributed by atoms with E-state index in [2.05, 4.69) is 29.7 Å². The van der Waals surface area contributed by atoms with Crippen molar-refractivity contribution in [3.05, 3.63) is 59.7 Å². The molecule has 0 radical (unpaired) electrons. The third kappa shape index (κ3) is 5.31. The van der Waals surface area contributed by atoms with E-state index >= 15 is 0 Å². The summed E-state index contributed by atoms with van der Waals surface area (Å²) in [4.78, 5) is 4.74. The summed E-state index contributed by atoms with van der Waals surface area (Å²) in [6, 6.07) is 16.3. The Morgan fingerprint density at radius 3 is 2.25 bits per heavy atom. The molecule has 0 saturated heterocycles. The monoisotopic (exact) mass is 495 g/mol. The highest BCUT2D eigenvalue weighted by Gasteiger charge is 2.46. The van der Waals surface area contributed by atoms with E-state index in [0.717, 1.165) is 49.0 Å². The van der Waals surface area contributed by atoms with Crippen molar-refractivity contribution in [2.45, 2.75) is 31.7 Å². The maximum atomic E-state index is 5.57. The molecule has 2 aromatic rings. The summed E-state index contributed by atoms with van der Waals surface area (Å²) in [5.74, 6) is 2.65. The fourth-order valence-electron chi connectivity index (χ4n) is 3.37. The number of nitrogens with zero attached hydrogens (tertiary/aromatic N) is 1. The van der Waals surface area contributed by atoms with Gasteiger partial charge in [-0.05, 0) is 31.9 Å². The van der Waals surface area contributed by atoms with Crippen molar-refractivity contribution in [1.29, 1.82) is 0 Å². The molecule has 0 aromatic heterocycles. The lowest BCUT2D eigenvalue weighted by Crippen LogP contribution is -2.41. The maximum absolute atomic E-state index is 5.57. The van der Waals surface area contributed by atoms with Gasteiger partial charge >= 0.3 is 0 Å². The van der Waals surface area contributed by atoms with Gasteiger partial charge in [-0.1, -0.05) is 36.4 Å². The SMILES string of the molecule is CCNC(=NCc1ccccc1OC)NCC1(c2ccccc2OC)CC1.I. The van der Waals surface area contributed by atoms with Crippen molar-refractivity contribution in [2.75, 3.05) is 27.3 Å². The molecular weight excluding hydrogens is 465 g/mol. The third-order valence-corrected chi connectivity index (χ3v) is 5.07. The molecule has 5 nitrogen and oxygen atoms in total. The molecule has 3 rings (SSSR count). The summed E-state index contributed by atoms with van der Waals surface area (Å²) in [7, 11) is 3.43. The van der Waals surface area contributed by atoms with E-state index in [1.165, 1.54) is 5.56 Å². The fourth-order valence-corrected chi connectivity index (χ4v) is 3.37. The summed E-state index contributed by atoms with van der Waals surface area (Å²) >= 11 is 0. The summed E-state index contributed by atoms with van der Waals surface area (Å²) in [6.07, 6.45) is 2.32. The Kier molecular flexibility index (Phi) is 8.41. The lowest BCUT2D eigenvalue weighted by Gasteiger charge is -2.21. The molecule has 0 bridgehead atoms. The molecule has 2 N–H and O–H groups in total. The molecule has 152 valence electrons. The Labute approximate surface area is 184 Å². The van der Waals surface area contributed by atoms with Gasteiger partial charge in [0.15, 0.2) is 5.96 Å². The first-order valence-corrected chi connectivity index (χ1v) is 9.50. The molecule has 1 aliphatic carbocycles. The van der Waals surface area contributed by atoms with Gasteiger partial charge in [0.05, 0.1) is 20.8 Å². The van der Waals surface area contributed by atoms with E-state index in [1.807, 2.05) is 36.4 Å². The number of nitrogens with one attached hydrogen (secondary N) is 2. The highest BCUT2D eigenvalue weighted by Crippen LogP contribution is 2.50. The Hall–Kier alpha value is -1.96. The van der Waals surface area contributed by atoms with E-state index in [-0.39, 0.29) is 29.4 Å². The summed E-state index contributed by atoms with van der Waals surface area (Å²) in [5, 5.41) is 6.86. The molecule has 0 aliphatic heterocycles. The zero-order chi connectivity index (χ0) is 19.1. The Morgan fingerprint density at radius 1 is 0.964 bits per heavy atom. The van der Waals surface area contributed by atoms with Crippen LogP contribution < -0.4 is 20.1 Å². The van der Waals surface area contributed by atoms with Gasteiger partial charge in [0, 0.05) is 29.6 Å². The van der Waals surface area contributed by atoms with Crippen LogP contribution in [0, 0.1) is 0 Å². The summed E-state index contributed by atoms with van der Waals surface area (Å²) in [5.41, 5.74) is 2.48. The first-order valence-electron chi connectivity index (χ1n) is 9.50. The van der Waals surface area contributed by atoms with Gasteiger partial charge in [0.1, 0.15) is 11.5 Å². The minimum Gasteiger partial charge on any atom is -0.496 e. The molecule has 0 unspecified atom stereocenters. The zero-order valence-electron chi connectivity index (χ0n) is 16.8. The Bertz CT molecular complexity index is 791. The van der Waals surface area contributed by atoms with Crippen molar-refractivity contribution in [2.24, 2.45) is 4.99 Å². The first-order chi connectivity index (χ1) is 13.2. The predicted molar refractivity (Wildman–Crippen MR) is 125 cm³/mol. The molecule has 0 atom stereocenters. The van der Waals surface area contributed by atoms with Gasteiger partial charge in [0.2, 0.25) is 0 Å². The number of hydrogen-bond donors (Lipinski definition) is 2. The number of halogens is 1. The number of benzene rings is 2. The first kappa shape index (κ1) is 22.3. The van der Waals surface area contributed by atoms with Gasteiger partial charge in [0.25, 0.3) is 0 Å². The van der Waals surface area contributed by atoms with Gasteiger partial charge in [-0.15, -0.1) is 24.0 Å². The maximum Gasteiger partial charge on any atom is 0.191 e. The van der Waals surface area contributed by atoms with Crippen LogP contribution in [-0.2, 0) is 12.0 Å². The van der Waals surface area contributed by atoms with Crippen molar-refractivity contribution in [3.8, 4) is 11.5 Å². The van der Waals surface area contributed by atoms with Gasteiger partial charge in [-0.25, -0.2) is 4.99 Å². The summed E-state index contributed by atoms with van der Waals surface area (Å²) < 4.78 is 11.0. The number of para-hydroxylation sites is 2. The normalized spacial score (nSPS) is 14.6. The van der Waals surface area contributed by atoms with Crippen LogP contribution in [0.4, 0.5) is 0 Å². The third-order valence-electron chi connectivity index (χ3n) is 5.07. The average molecular weight is 495 g/mol. The molecule has 28 heavy (non-hydrogen) atoms. The molecule has 1 aliphatic rings. The molecule has 2 aromatic carbocycles. The molecule has 1 fully saturated rings. The van der Waals surface area contributed by atoms with E-state index in [1.54, 1.807) is 14.2 Å². The lowest BCUT2D eigenvalue weighted by atomic mass is 9.95. The van der Waals surface area contributed by atoms with Gasteiger partial charge < -0.3 is 20.1 Å². The predicted octanol–water partition coefficient (Wildman–Crippen LogP) is 4.11. The van der Waals surface area contributed by atoms with Crippen LogP contribution in [0.1, 0.15) is 30.9 Å². The Balaban J connectivity index is 0.00000280. The highest BCUT2D eigenvalue weighted by atomic mass is 127. The Morgan fingerprint density at radius 2 is 1.61 bits per heavy atom. The second kappa shape index (κ2) is 10.5. The van der Waals surface area contributed by atoms with Crippen LogP contribution in [0.5, 0.6) is 11.5 Å². The van der Waals surface area contributed by atoms with Crippen molar-refractivity contribution in [3.63, 3.8) is 0 Å². The zero-order valence-corrected chi connectivity index (χ0v) is 19.2. The number of rotatable bonds is 8. The van der Waals surface area contributed by atoms with E-state index in [9.17, 15) is 0 Å². The number of ether oxygens (including phenoxy) is 2. The van der Waals surface area contributed by atoms with Gasteiger partial charge in [-0.3, -0.25) is 0 Å². The molecule has 1 saturated carbocycles. The largest absolute Gasteiger partial charge is 0.496 e. The van der Waals surface area contributed by atoms with Crippen LogP contribution in [0.25, 0.3) is 0 Å². The van der Waals surface area contributed by atoms with Gasteiger partial charge in [-0.2, -0.15) is 0 Å². The van der Waals surface area contributed by atoms with Crippen LogP contribution >= 0.6 is 24.0 Å². The standard InChI is InChI=1S/C22H29N3O2.HI/c1-4-23-21(24-15-17-9-5-7-11-19(17)26-2)25-16-22(13-14-22)18-10-6-8-12-20(18)27-3;/h5-12H,4,13-16H2,1-3H3,(H2,23,24,25);1H. The smallest absolute Gasteiger partial charge is 0.191 e. The molecule has 0 amide bonds. The van der Waals surface area contributed by atoms with Crippen molar-refractivity contribution in [1.82, 2.24) is 10.6 Å². The van der Waals surface area contributed by atoms with Crippen molar-refractivity contribution >= 4 is 29.9 Å². The highest BCUT2D eigenvalue weighted by molar-refractivity contribution is 14.0. The fraction of sp³-hybridized carbons (Fsp3) is 0.409. The second-order valence-electron chi connectivity index (χ2n) is 6.84. The van der Waals surface area contributed by atoms with E-state index in [0.29, 0.717) is 6.54 Å². The molecule has 0 spiro atoms. The number of hydrogen-bond acceptors (Lipinski definition) is 3. The molecule has 0 heterocycles. The van der Waals surface area contributed by atoms with E-state index in [4.69, 9.17) is 14.5 Å². The average Bonchev–Trinajstić information content (AvgIpc) is 3.51. The quantitative estimate of drug-likeness (QED) is 0.329. The molecular formula is C22H30IN3O2. The minimum absolute atomic E-state index is 0. The summed E-state index contributed by atoms with van der Waals surface area (Å²) in [6.45, 7) is 4.30. The van der Waals surface area contributed by atoms with Crippen LogP contribution in [0.2, 0.25) is 0 Å². The number of guanidine groups is 1. The van der Waals surface area contributed by atoms with Crippen molar-refractivity contribution < 1.29 is 9.47 Å². The van der Waals surface area contributed by atoms with E-state index < -0.39 is 0 Å². The minimum atomic E-state index is 0. The van der Waals surface area contributed by atoms with Crippen LogP contribution in [-0.4, -0.2) is 33.3 Å². The number of aliphatic imine (C=N–C) groups is 1. The van der Waals surface area contributed by atoms with Crippen LogP contribution in [0.3, 0.4) is 0 Å². The van der Waals surface area contributed by atoms with Crippen LogP contribution in [0.15, 0.2) is 53.5 Å². The number of methoxy groups -OCH3 is 2. The topological polar surface area (TPSA) is 54.9 Å². The molecule has 6 heteroatoms.